The molecule has 0 unspecified atom stereocenters. The van der Waals surface area contributed by atoms with Gasteiger partial charge in [0.1, 0.15) is 0 Å². The van der Waals surface area contributed by atoms with Crippen LogP contribution >= 0.6 is 0 Å². The molecule has 4 aromatic rings. The number of carbonyl (C=O) groups excluding carboxylic acids is 1. The van der Waals surface area contributed by atoms with Gasteiger partial charge in [-0.3, -0.25) is 14.9 Å². The lowest BCUT2D eigenvalue weighted by atomic mass is 10.1. The summed E-state index contributed by atoms with van der Waals surface area (Å²) < 4.78 is 10.7. The maximum atomic E-state index is 12.1. The SMILES string of the molecule is O=C(Cc1c[nH]c2ccccc12)OCc1nnc(-c2ccc([N+](=O)[O-])cc2)o1. The molecule has 140 valence electrons. The van der Waals surface area contributed by atoms with Crippen LogP contribution in [0.5, 0.6) is 0 Å². The van der Waals surface area contributed by atoms with Crippen LogP contribution in [0.1, 0.15) is 11.5 Å². The molecule has 0 bridgehead atoms. The number of non-ortho nitro benzene ring substituents is 1. The number of hydrogen-bond donors (Lipinski definition) is 1. The minimum absolute atomic E-state index is 0.0327. The fraction of sp³-hybridized carbons (Fsp3) is 0.105. The van der Waals surface area contributed by atoms with E-state index in [1.807, 2.05) is 24.3 Å². The Morgan fingerprint density at radius 2 is 1.93 bits per heavy atom. The first-order chi connectivity index (χ1) is 13.6. The fourth-order valence-electron chi connectivity index (χ4n) is 2.78. The van der Waals surface area contributed by atoms with Crippen molar-refractivity contribution in [2.45, 2.75) is 13.0 Å². The summed E-state index contributed by atoms with van der Waals surface area (Å²) in [6.07, 6.45) is 1.90. The summed E-state index contributed by atoms with van der Waals surface area (Å²) in [6, 6.07) is 13.4. The van der Waals surface area contributed by atoms with Gasteiger partial charge in [0.2, 0.25) is 5.89 Å². The van der Waals surface area contributed by atoms with Crippen molar-refractivity contribution in [1.82, 2.24) is 15.2 Å². The van der Waals surface area contributed by atoms with Crippen molar-refractivity contribution in [2.24, 2.45) is 0 Å². The van der Waals surface area contributed by atoms with Crippen LogP contribution in [0.3, 0.4) is 0 Å². The summed E-state index contributed by atoms with van der Waals surface area (Å²) in [7, 11) is 0. The number of carbonyl (C=O) groups is 1. The van der Waals surface area contributed by atoms with E-state index in [0.29, 0.717) is 5.56 Å². The Balaban J connectivity index is 1.37. The number of nitrogens with zero attached hydrogens (tertiary/aromatic N) is 3. The molecule has 0 aliphatic rings. The summed E-state index contributed by atoms with van der Waals surface area (Å²) in [6.45, 7) is -0.152. The normalized spacial score (nSPS) is 10.9. The number of nitro groups is 1. The molecule has 2 heterocycles. The number of rotatable bonds is 6. The number of nitrogens with one attached hydrogen (secondary N) is 1. The lowest BCUT2D eigenvalue weighted by Gasteiger charge is -2.01. The first-order valence-electron chi connectivity index (χ1n) is 8.38. The average Bonchev–Trinajstić information content (AvgIpc) is 3.34. The Morgan fingerprint density at radius 1 is 1.14 bits per heavy atom. The molecule has 4 rings (SSSR count). The molecule has 1 N–H and O–H groups in total. The molecule has 0 atom stereocenters. The topological polar surface area (TPSA) is 124 Å². The van der Waals surface area contributed by atoms with E-state index in [9.17, 15) is 14.9 Å². The van der Waals surface area contributed by atoms with Gasteiger partial charge in [-0.05, 0) is 23.8 Å². The minimum atomic E-state index is -0.490. The van der Waals surface area contributed by atoms with E-state index >= 15 is 0 Å². The van der Waals surface area contributed by atoms with E-state index in [2.05, 4.69) is 15.2 Å². The third-order valence-corrected chi connectivity index (χ3v) is 4.16. The van der Waals surface area contributed by atoms with Gasteiger partial charge in [0.15, 0.2) is 6.61 Å². The second kappa shape index (κ2) is 7.31. The van der Waals surface area contributed by atoms with E-state index in [1.165, 1.54) is 24.3 Å². The van der Waals surface area contributed by atoms with Gasteiger partial charge < -0.3 is 14.1 Å². The molecule has 2 aromatic heterocycles. The highest BCUT2D eigenvalue weighted by Crippen LogP contribution is 2.22. The summed E-state index contributed by atoms with van der Waals surface area (Å²) in [5.74, 6) is -0.0851. The number of ether oxygens (including phenoxy) is 1. The monoisotopic (exact) mass is 378 g/mol. The maximum absolute atomic E-state index is 12.1. The Kier molecular flexibility index (Phi) is 4.55. The summed E-state index contributed by atoms with van der Waals surface area (Å²) in [4.78, 5) is 25.4. The number of fused-ring (bicyclic) bond motifs is 1. The number of aromatic amines is 1. The number of esters is 1. The highest BCUT2D eigenvalue weighted by molar-refractivity contribution is 5.87. The smallest absolute Gasteiger partial charge is 0.310 e. The van der Waals surface area contributed by atoms with Crippen molar-refractivity contribution in [3.63, 3.8) is 0 Å². The van der Waals surface area contributed by atoms with Gasteiger partial charge >= 0.3 is 5.97 Å². The molecule has 0 radical (unpaired) electrons. The molecule has 0 amide bonds. The van der Waals surface area contributed by atoms with Crippen LogP contribution < -0.4 is 0 Å². The first kappa shape index (κ1) is 17.4. The fourth-order valence-corrected chi connectivity index (χ4v) is 2.78. The molecular weight excluding hydrogens is 364 g/mol. The number of nitro benzene ring substituents is 1. The van der Waals surface area contributed by atoms with Crippen LogP contribution in [0.15, 0.2) is 59.1 Å². The second-order valence-electron chi connectivity index (χ2n) is 6.00. The minimum Gasteiger partial charge on any atom is -0.455 e. The summed E-state index contributed by atoms with van der Waals surface area (Å²) in [5, 5.41) is 19.4. The first-order valence-corrected chi connectivity index (χ1v) is 8.38. The summed E-state index contributed by atoms with van der Waals surface area (Å²) in [5.41, 5.74) is 2.30. The molecule has 9 nitrogen and oxygen atoms in total. The maximum Gasteiger partial charge on any atom is 0.310 e. The van der Waals surface area contributed by atoms with Gasteiger partial charge in [0.25, 0.3) is 11.6 Å². The molecule has 0 fully saturated rings. The van der Waals surface area contributed by atoms with E-state index < -0.39 is 10.9 Å². The van der Waals surface area contributed by atoms with Crippen molar-refractivity contribution in [3.05, 3.63) is 76.3 Å². The standard InChI is InChI=1S/C19H14N4O5/c24-18(9-13-10-20-16-4-2-1-3-15(13)16)27-11-17-21-22-19(28-17)12-5-7-14(8-6-12)23(25)26/h1-8,10,20H,9,11H2. The summed E-state index contributed by atoms with van der Waals surface area (Å²) >= 11 is 0. The van der Waals surface area contributed by atoms with Gasteiger partial charge in [-0.15, -0.1) is 10.2 Å². The number of aromatic nitrogens is 3. The van der Waals surface area contributed by atoms with Crippen LogP contribution in [-0.4, -0.2) is 26.1 Å². The van der Waals surface area contributed by atoms with Gasteiger partial charge in [0, 0.05) is 34.8 Å². The van der Waals surface area contributed by atoms with E-state index in [4.69, 9.17) is 9.15 Å². The quantitative estimate of drug-likeness (QED) is 0.310. The van der Waals surface area contributed by atoms with Crippen LogP contribution in [0.25, 0.3) is 22.4 Å². The van der Waals surface area contributed by atoms with E-state index in [-0.39, 0.29) is 30.5 Å². The largest absolute Gasteiger partial charge is 0.455 e. The Morgan fingerprint density at radius 3 is 2.71 bits per heavy atom. The van der Waals surface area contributed by atoms with Gasteiger partial charge in [-0.25, -0.2) is 0 Å². The number of benzene rings is 2. The Labute approximate surface area is 158 Å². The van der Waals surface area contributed by atoms with Crippen LogP contribution in [0.2, 0.25) is 0 Å². The Bertz CT molecular complexity index is 1150. The third kappa shape index (κ3) is 3.58. The molecule has 9 heteroatoms. The average molecular weight is 378 g/mol. The van der Waals surface area contributed by atoms with Crippen molar-refractivity contribution in [3.8, 4) is 11.5 Å². The predicted octanol–water partition coefficient (Wildman–Crippen LogP) is 3.41. The van der Waals surface area contributed by atoms with Gasteiger partial charge in [0.05, 0.1) is 11.3 Å². The predicted molar refractivity (Wildman–Crippen MR) is 98.2 cm³/mol. The van der Waals surface area contributed by atoms with Crippen molar-refractivity contribution in [2.75, 3.05) is 0 Å². The zero-order valence-corrected chi connectivity index (χ0v) is 14.5. The van der Waals surface area contributed by atoms with Crippen LogP contribution in [-0.2, 0) is 22.6 Å². The van der Waals surface area contributed by atoms with Gasteiger partial charge in [-0.2, -0.15) is 0 Å². The number of hydrogen-bond acceptors (Lipinski definition) is 7. The molecule has 0 spiro atoms. The van der Waals surface area contributed by atoms with Crippen molar-refractivity contribution >= 4 is 22.6 Å². The van der Waals surface area contributed by atoms with Crippen LogP contribution in [0, 0.1) is 10.1 Å². The van der Waals surface area contributed by atoms with Crippen molar-refractivity contribution in [1.29, 1.82) is 0 Å². The zero-order valence-electron chi connectivity index (χ0n) is 14.5. The van der Waals surface area contributed by atoms with Crippen LogP contribution in [0.4, 0.5) is 5.69 Å². The van der Waals surface area contributed by atoms with E-state index in [1.54, 1.807) is 6.20 Å². The lowest BCUT2D eigenvalue weighted by Crippen LogP contribution is -2.07. The zero-order chi connectivity index (χ0) is 19.5. The van der Waals surface area contributed by atoms with E-state index in [0.717, 1.165) is 16.5 Å². The third-order valence-electron chi connectivity index (χ3n) is 4.16. The van der Waals surface area contributed by atoms with Crippen molar-refractivity contribution < 1.29 is 18.9 Å². The lowest BCUT2D eigenvalue weighted by molar-refractivity contribution is -0.384. The molecule has 0 saturated heterocycles. The molecule has 0 aliphatic heterocycles. The highest BCUT2D eigenvalue weighted by atomic mass is 16.6. The van der Waals surface area contributed by atoms with Gasteiger partial charge in [-0.1, -0.05) is 18.2 Å². The molecule has 28 heavy (non-hydrogen) atoms. The Hall–Kier alpha value is -4.01. The second-order valence-corrected chi connectivity index (χ2v) is 6.00. The highest BCUT2D eigenvalue weighted by Gasteiger charge is 2.14. The number of H-pyrrole nitrogens is 1. The molecule has 0 saturated carbocycles. The molecule has 2 aromatic carbocycles. The molecular formula is C19H14N4O5. The number of para-hydroxylation sites is 1. The molecule has 0 aliphatic carbocycles.